The fraction of sp³-hybridized carbons (Fsp3) is 0.375. The molecule has 2 rings (SSSR count). The molecule has 1 aliphatic rings. The average Bonchev–Trinajstić information content (AvgIpc) is 2.52. The highest BCUT2D eigenvalue weighted by Crippen LogP contribution is 2.24. The molecule has 3 N–H and O–H groups in total. The fourth-order valence-electron chi connectivity index (χ4n) is 2.68. The maximum atomic E-state index is 12.2. The van der Waals surface area contributed by atoms with Crippen molar-refractivity contribution in [2.24, 2.45) is 11.7 Å². The zero-order valence-corrected chi connectivity index (χ0v) is 12.0. The van der Waals surface area contributed by atoms with Gasteiger partial charge in [-0.1, -0.05) is 0 Å². The topological polar surface area (TPSA) is 113 Å². The van der Waals surface area contributed by atoms with Crippen molar-refractivity contribution in [2.75, 3.05) is 0 Å². The molecule has 0 heterocycles. The first-order valence-corrected chi connectivity index (χ1v) is 7.13. The zero-order valence-electron chi connectivity index (χ0n) is 12.0. The normalized spacial score (nSPS) is 19.0. The van der Waals surface area contributed by atoms with Gasteiger partial charge in [-0.15, -0.1) is 0 Å². The first-order chi connectivity index (χ1) is 10.5. The molecule has 2 amide bonds. The molecular formula is C16H17N3O3. The van der Waals surface area contributed by atoms with Gasteiger partial charge in [0.05, 0.1) is 11.6 Å². The summed E-state index contributed by atoms with van der Waals surface area (Å²) in [5, 5.41) is 11.3. The summed E-state index contributed by atoms with van der Waals surface area (Å²) >= 11 is 0. The molecule has 6 nitrogen and oxygen atoms in total. The highest BCUT2D eigenvalue weighted by Gasteiger charge is 2.32. The number of amides is 2. The number of benzene rings is 1. The molecule has 1 saturated carbocycles. The van der Waals surface area contributed by atoms with Gasteiger partial charge in [0, 0.05) is 18.4 Å². The van der Waals surface area contributed by atoms with E-state index in [1.807, 2.05) is 6.07 Å². The smallest absolute Gasteiger partial charge is 0.251 e. The highest BCUT2D eigenvalue weighted by atomic mass is 16.2. The molecule has 2 atom stereocenters. The van der Waals surface area contributed by atoms with Crippen molar-refractivity contribution in [2.45, 2.75) is 31.7 Å². The lowest BCUT2D eigenvalue weighted by atomic mass is 9.82. The van der Waals surface area contributed by atoms with Crippen molar-refractivity contribution in [3.8, 4) is 6.07 Å². The van der Waals surface area contributed by atoms with Gasteiger partial charge >= 0.3 is 0 Å². The number of nitrogens with one attached hydrogen (secondary N) is 1. The summed E-state index contributed by atoms with van der Waals surface area (Å²) in [5.41, 5.74) is 6.16. The number of primary amides is 1. The van der Waals surface area contributed by atoms with E-state index in [1.54, 1.807) is 0 Å². The van der Waals surface area contributed by atoms with Crippen LogP contribution in [0, 0.1) is 17.2 Å². The lowest BCUT2D eigenvalue weighted by molar-refractivity contribution is -0.124. The molecule has 0 aromatic heterocycles. The van der Waals surface area contributed by atoms with Crippen LogP contribution < -0.4 is 11.1 Å². The van der Waals surface area contributed by atoms with Crippen molar-refractivity contribution in [1.82, 2.24) is 5.32 Å². The van der Waals surface area contributed by atoms with Crippen LogP contribution in [0.2, 0.25) is 0 Å². The van der Waals surface area contributed by atoms with Crippen molar-refractivity contribution >= 4 is 17.6 Å². The number of Topliss-reactive ketones (excluding diaryl/α,β-unsaturated/α-hetero) is 1. The molecule has 22 heavy (non-hydrogen) atoms. The Morgan fingerprint density at radius 3 is 2.55 bits per heavy atom. The lowest BCUT2D eigenvalue weighted by Gasteiger charge is -2.28. The van der Waals surface area contributed by atoms with Crippen LogP contribution in [0.15, 0.2) is 24.3 Å². The standard InChI is InChI=1S/C16H17N3O3/c17-9-10-4-6-11(7-5-10)16(22)19-14(15(18)21)12-2-1-3-13(20)8-12/h4-7,12,14H,1-3,8H2,(H2,18,21)(H,19,22)/t12-,14-/m1/s1. The van der Waals surface area contributed by atoms with E-state index < -0.39 is 17.9 Å². The Kier molecular flexibility index (Phi) is 4.89. The summed E-state index contributed by atoms with van der Waals surface area (Å²) in [6.45, 7) is 0. The molecule has 0 saturated heterocycles. The van der Waals surface area contributed by atoms with Gasteiger partial charge in [0.1, 0.15) is 11.8 Å². The summed E-state index contributed by atoms with van der Waals surface area (Å²) in [6.07, 6.45) is 2.18. The number of hydrogen-bond donors (Lipinski definition) is 2. The molecule has 0 unspecified atom stereocenters. The minimum absolute atomic E-state index is 0.0927. The minimum atomic E-state index is -0.854. The van der Waals surface area contributed by atoms with E-state index in [9.17, 15) is 14.4 Å². The van der Waals surface area contributed by atoms with Crippen molar-refractivity contribution < 1.29 is 14.4 Å². The molecule has 0 bridgehead atoms. The summed E-state index contributed by atoms with van der Waals surface area (Å²) in [7, 11) is 0. The molecule has 114 valence electrons. The number of carbonyl (C=O) groups excluding carboxylic acids is 3. The van der Waals surface area contributed by atoms with Gasteiger partial charge in [-0.05, 0) is 43.0 Å². The molecule has 0 radical (unpaired) electrons. The van der Waals surface area contributed by atoms with E-state index in [2.05, 4.69) is 5.32 Å². The van der Waals surface area contributed by atoms with Gasteiger partial charge in [0.15, 0.2) is 0 Å². The van der Waals surface area contributed by atoms with Crippen LogP contribution in [0.4, 0.5) is 0 Å². The molecule has 1 aliphatic carbocycles. The summed E-state index contributed by atoms with van der Waals surface area (Å²) in [6, 6.07) is 7.19. The molecule has 0 aliphatic heterocycles. The third-order valence-electron chi connectivity index (χ3n) is 3.86. The molecule has 0 spiro atoms. The van der Waals surface area contributed by atoms with Crippen LogP contribution in [-0.2, 0) is 9.59 Å². The van der Waals surface area contributed by atoms with Gasteiger partial charge in [0.25, 0.3) is 5.91 Å². The number of rotatable bonds is 4. The summed E-state index contributed by atoms with van der Waals surface area (Å²) in [4.78, 5) is 35.4. The highest BCUT2D eigenvalue weighted by molar-refractivity contribution is 5.97. The Morgan fingerprint density at radius 1 is 1.32 bits per heavy atom. The average molecular weight is 299 g/mol. The van der Waals surface area contributed by atoms with Gasteiger partial charge < -0.3 is 11.1 Å². The van der Waals surface area contributed by atoms with Crippen molar-refractivity contribution in [1.29, 1.82) is 5.26 Å². The minimum Gasteiger partial charge on any atom is -0.368 e. The van der Waals surface area contributed by atoms with Gasteiger partial charge in [-0.25, -0.2) is 0 Å². The van der Waals surface area contributed by atoms with Gasteiger partial charge in [-0.2, -0.15) is 5.26 Å². The zero-order chi connectivity index (χ0) is 16.1. The maximum Gasteiger partial charge on any atom is 0.251 e. The summed E-state index contributed by atoms with van der Waals surface area (Å²) < 4.78 is 0. The largest absolute Gasteiger partial charge is 0.368 e. The van der Waals surface area contributed by atoms with E-state index in [1.165, 1.54) is 24.3 Å². The SMILES string of the molecule is N#Cc1ccc(C(=O)N[C@@H](C(N)=O)[C@@H]2CCCC(=O)C2)cc1. The Balaban J connectivity index is 2.09. The van der Waals surface area contributed by atoms with E-state index in [0.717, 1.165) is 0 Å². The Hall–Kier alpha value is -2.68. The number of nitriles is 1. The van der Waals surface area contributed by atoms with E-state index >= 15 is 0 Å². The molecule has 1 fully saturated rings. The molecule has 6 heteroatoms. The molecular weight excluding hydrogens is 282 g/mol. The van der Waals surface area contributed by atoms with Gasteiger partial charge in [-0.3, -0.25) is 14.4 Å². The second kappa shape index (κ2) is 6.85. The third-order valence-corrected chi connectivity index (χ3v) is 3.86. The van der Waals surface area contributed by atoms with Crippen LogP contribution >= 0.6 is 0 Å². The maximum absolute atomic E-state index is 12.2. The molecule has 1 aromatic rings. The Labute approximate surface area is 128 Å². The van der Waals surface area contributed by atoms with Gasteiger partial charge in [0.2, 0.25) is 5.91 Å². The predicted molar refractivity (Wildman–Crippen MR) is 78.6 cm³/mol. The second-order valence-corrected chi connectivity index (χ2v) is 5.44. The van der Waals surface area contributed by atoms with Crippen LogP contribution in [0.25, 0.3) is 0 Å². The number of carbonyl (C=O) groups is 3. The Morgan fingerprint density at radius 2 is 2.00 bits per heavy atom. The van der Waals surface area contributed by atoms with Crippen molar-refractivity contribution in [3.63, 3.8) is 0 Å². The van der Waals surface area contributed by atoms with Crippen LogP contribution in [0.1, 0.15) is 41.6 Å². The van der Waals surface area contributed by atoms with Crippen LogP contribution in [0.5, 0.6) is 0 Å². The first-order valence-electron chi connectivity index (χ1n) is 7.13. The lowest BCUT2D eigenvalue weighted by Crippen LogP contribution is -2.50. The Bertz CT molecular complexity index is 631. The second-order valence-electron chi connectivity index (χ2n) is 5.44. The first kappa shape index (κ1) is 15.7. The quantitative estimate of drug-likeness (QED) is 0.859. The van der Waals surface area contributed by atoms with Crippen LogP contribution in [0.3, 0.4) is 0 Å². The monoisotopic (exact) mass is 299 g/mol. The van der Waals surface area contributed by atoms with E-state index in [-0.39, 0.29) is 18.1 Å². The van der Waals surface area contributed by atoms with E-state index in [0.29, 0.717) is 30.4 Å². The molecule has 1 aromatic carbocycles. The van der Waals surface area contributed by atoms with E-state index in [4.69, 9.17) is 11.0 Å². The predicted octanol–water partition coefficient (Wildman–Crippen LogP) is 0.901. The third kappa shape index (κ3) is 3.70. The number of nitrogens with zero attached hydrogens (tertiary/aromatic N) is 1. The summed E-state index contributed by atoms with van der Waals surface area (Å²) in [5.74, 6) is -1.23. The van der Waals surface area contributed by atoms with Crippen LogP contribution in [-0.4, -0.2) is 23.6 Å². The van der Waals surface area contributed by atoms with Crippen molar-refractivity contribution in [3.05, 3.63) is 35.4 Å². The number of nitrogens with two attached hydrogens (primary N) is 1. The number of hydrogen-bond acceptors (Lipinski definition) is 4. The number of ketones is 1. The fourth-order valence-corrected chi connectivity index (χ4v) is 2.68.